The van der Waals surface area contributed by atoms with Crippen molar-refractivity contribution in [1.82, 2.24) is 0 Å². The van der Waals surface area contributed by atoms with Gasteiger partial charge in [-0.15, -0.1) is 0 Å². The summed E-state index contributed by atoms with van der Waals surface area (Å²) in [6.07, 6.45) is 1.41. The molecule has 2 rings (SSSR count). The van der Waals surface area contributed by atoms with E-state index < -0.39 is 0 Å². The third-order valence-corrected chi connectivity index (χ3v) is 2.83. The van der Waals surface area contributed by atoms with Crippen molar-refractivity contribution in [3.8, 4) is 0 Å². The highest BCUT2D eigenvalue weighted by Crippen LogP contribution is 2.37. The molecule has 1 heterocycles. The van der Waals surface area contributed by atoms with Crippen LogP contribution in [0.1, 0.15) is 24.8 Å². The van der Waals surface area contributed by atoms with Crippen molar-refractivity contribution >= 4 is 17.9 Å². The first kappa shape index (κ1) is 9.90. The quantitative estimate of drug-likeness (QED) is 0.686. The minimum atomic E-state index is 0.0378. The average molecular weight is 203 g/mol. The molecular weight excluding hydrogens is 190 g/mol. The largest absolute Gasteiger partial charge is 0.312 e. The average Bonchev–Trinajstić information content (AvgIpc) is 2.59. The van der Waals surface area contributed by atoms with E-state index in [1.165, 1.54) is 0 Å². The van der Waals surface area contributed by atoms with E-state index in [1.807, 2.05) is 24.3 Å². The highest BCUT2D eigenvalue weighted by atomic mass is 16.2. The summed E-state index contributed by atoms with van der Waals surface area (Å²) in [6.45, 7) is 2.19. The molecule has 1 aromatic rings. The topological polar surface area (TPSA) is 37.4 Å². The second-order valence-corrected chi connectivity index (χ2v) is 3.79. The van der Waals surface area contributed by atoms with Gasteiger partial charge in [-0.25, -0.2) is 0 Å². The molecule has 0 aliphatic carbocycles. The van der Waals surface area contributed by atoms with Crippen LogP contribution in [0.4, 0.5) is 5.69 Å². The zero-order valence-corrected chi connectivity index (χ0v) is 8.64. The van der Waals surface area contributed by atoms with Crippen molar-refractivity contribution < 1.29 is 9.59 Å². The van der Waals surface area contributed by atoms with Gasteiger partial charge in [0.15, 0.2) is 0 Å². The molecule has 15 heavy (non-hydrogen) atoms. The van der Waals surface area contributed by atoms with E-state index in [2.05, 4.69) is 0 Å². The van der Waals surface area contributed by atoms with Gasteiger partial charge >= 0.3 is 0 Å². The summed E-state index contributed by atoms with van der Waals surface area (Å²) in [5.74, 6) is 0.207. The van der Waals surface area contributed by atoms with Gasteiger partial charge in [0.25, 0.3) is 0 Å². The molecule has 0 saturated heterocycles. The minimum Gasteiger partial charge on any atom is -0.312 e. The Morgan fingerprint density at radius 3 is 2.93 bits per heavy atom. The fourth-order valence-corrected chi connectivity index (χ4v) is 2.11. The first-order valence-corrected chi connectivity index (χ1v) is 5.04. The fourth-order valence-electron chi connectivity index (χ4n) is 2.11. The summed E-state index contributed by atoms with van der Waals surface area (Å²) in [4.78, 5) is 23.7. The first-order valence-electron chi connectivity index (χ1n) is 5.04. The zero-order valence-electron chi connectivity index (χ0n) is 8.64. The molecule has 1 aliphatic heterocycles. The van der Waals surface area contributed by atoms with Crippen LogP contribution in [0.3, 0.4) is 0 Å². The van der Waals surface area contributed by atoms with Crippen molar-refractivity contribution in [3.63, 3.8) is 0 Å². The predicted octanol–water partition coefficient (Wildman–Crippen LogP) is 1.73. The molecular formula is C12H13NO2. The molecule has 0 saturated carbocycles. The van der Waals surface area contributed by atoms with Crippen LogP contribution in [0, 0.1) is 0 Å². The molecule has 0 fully saturated rings. The fraction of sp³-hybridized carbons (Fsp3) is 0.333. The van der Waals surface area contributed by atoms with Crippen LogP contribution in [-0.4, -0.2) is 18.7 Å². The third kappa shape index (κ3) is 1.65. The Hall–Kier alpha value is -1.64. The van der Waals surface area contributed by atoms with Crippen LogP contribution in [0.5, 0.6) is 0 Å². The van der Waals surface area contributed by atoms with Crippen LogP contribution in [0.15, 0.2) is 24.3 Å². The number of benzene rings is 1. The number of hydrogen-bond acceptors (Lipinski definition) is 2. The van der Waals surface area contributed by atoms with E-state index in [9.17, 15) is 9.59 Å². The summed E-state index contributed by atoms with van der Waals surface area (Å²) in [6, 6.07) is 7.78. The number of carbonyl (C=O) groups is 2. The molecule has 3 nitrogen and oxygen atoms in total. The summed E-state index contributed by atoms with van der Waals surface area (Å²) >= 11 is 0. The van der Waals surface area contributed by atoms with Gasteiger partial charge in [0, 0.05) is 31.5 Å². The van der Waals surface area contributed by atoms with E-state index in [1.54, 1.807) is 11.8 Å². The van der Waals surface area contributed by atoms with E-state index in [-0.39, 0.29) is 11.8 Å². The Balaban J connectivity index is 2.38. The van der Waals surface area contributed by atoms with Gasteiger partial charge < -0.3 is 9.69 Å². The number of carbonyl (C=O) groups excluding carboxylic acids is 2. The Kier molecular flexibility index (Phi) is 2.54. The van der Waals surface area contributed by atoms with Crippen LogP contribution < -0.4 is 4.90 Å². The number of rotatable bonds is 2. The number of aldehydes is 1. The van der Waals surface area contributed by atoms with Gasteiger partial charge in [0.05, 0.1) is 0 Å². The van der Waals surface area contributed by atoms with Gasteiger partial charge in [0.1, 0.15) is 6.29 Å². The maximum atomic E-state index is 11.4. The highest BCUT2D eigenvalue weighted by Gasteiger charge is 2.29. The lowest BCUT2D eigenvalue weighted by Crippen LogP contribution is -2.27. The first-order chi connectivity index (χ1) is 7.24. The molecule has 0 radical (unpaired) electrons. The summed E-state index contributed by atoms with van der Waals surface area (Å²) in [5, 5.41) is 0. The van der Waals surface area contributed by atoms with Gasteiger partial charge in [-0.2, -0.15) is 0 Å². The number of hydrogen-bond donors (Lipinski definition) is 0. The normalized spacial score (nSPS) is 18.7. The molecule has 78 valence electrons. The Labute approximate surface area is 88.7 Å². The lowest BCUT2D eigenvalue weighted by Gasteiger charge is -2.14. The van der Waals surface area contributed by atoms with E-state index in [4.69, 9.17) is 0 Å². The van der Waals surface area contributed by atoms with Crippen LogP contribution in [0.25, 0.3) is 0 Å². The van der Waals surface area contributed by atoms with Gasteiger partial charge in [-0.05, 0) is 11.6 Å². The van der Waals surface area contributed by atoms with Gasteiger partial charge in [-0.1, -0.05) is 18.2 Å². The van der Waals surface area contributed by atoms with Crippen LogP contribution in [0.2, 0.25) is 0 Å². The molecule has 0 spiro atoms. The Morgan fingerprint density at radius 1 is 1.53 bits per heavy atom. The molecule has 0 aromatic heterocycles. The van der Waals surface area contributed by atoms with Crippen molar-refractivity contribution in [1.29, 1.82) is 0 Å². The number of amides is 1. The SMILES string of the molecule is CC(=O)N1CC(CC=O)c2ccccc21. The van der Waals surface area contributed by atoms with Crippen molar-refractivity contribution in [3.05, 3.63) is 29.8 Å². The van der Waals surface area contributed by atoms with Crippen LogP contribution in [-0.2, 0) is 9.59 Å². The minimum absolute atomic E-state index is 0.0378. The summed E-state index contributed by atoms with van der Waals surface area (Å²) in [7, 11) is 0. The number of nitrogens with zero attached hydrogens (tertiary/aromatic N) is 1. The van der Waals surface area contributed by atoms with E-state index >= 15 is 0 Å². The number of para-hydroxylation sites is 1. The molecule has 1 amide bonds. The number of anilines is 1. The smallest absolute Gasteiger partial charge is 0.223 e. The lowest BCUT2D eigenvalue weighted by atomic mass is 9.99. The molecule has 1 atom stereocenters. The second-order valence-electron chi connectivity index (χ2n) is 3.79. The lowest BCUT2D eigenvalue weighted by molar-refractivity contribution is -0.116. The maximum Gasteiger partial charge on any atom is 0.223 e. The van der Waals surface area contributed by atoms with Crippen molar-refractivity contribution in [2.45, 2.75) is 19.3 Å². The number of fused-ring (bicyclic) bond motifs is 1. The molecule has 0 N–H and O–H groups in total. The van der Waals surface area contributed by atoms with Crippen molar-refractivity contribution in [2.24, 2.45) is 0 Å². The second kappa shape index (κ2) is 3.85. The summed E-state index contributed by atoms with van der Waals surface area (Å²) < 4.78 is 0. The molecule has 1 aromatic carbocycles. The molecule has 3 heteroatoms. The van der Waals surface area contributed by atoms with Gasteiger partial charge in [-0.3, -0.25) is 4.79 Å². The Morgan fingerprint density at radius 2 is 2.27 bits per heavy atom. The molecule has 0 bridgehead atoms. The van der Waals surface area contributed by atoms with Crippen molar-refractivity contribution in [2.75, 3.05) is 11.4 Å². The standard InChI is InChI=1S/C12H13NO2/c1-9(15)13-8-10(6-7-14)11-4-2-3-5-12(11)13/h2-5,7,10H,6,8H2,1H3. The molecule has 1 aliphatic rings. The predicted molar refractivity (Wildman–Crippen MR) is 57.9 cm³/mol. The zero-order chi connectivity index (χ0) is 10.8. The van der Waals surface area contributed by atoms with Gasteiger partial charge in [0.2, 0.25) is 5.91 Å². The van der Waals surface area contributed by atoms with E-state index in [0.717, 1.165) is 17.5 Å². The molecule has 1 unspecified atom stereocenters. The highest BCUT2D eigenvalue weighted by molar-refractivity contribution is 5.94. The monoisotopic (exact) mass is 203 g/mol. The maximum absolute atomic E-state index is 11.4. The van der Waals surface area contributed by atoms with Crippen LogP contribution >= 0.6 is 0 Å². The van der Waals surface area contributed by atoms with E-state index in [0.29, 0.717) is 13.0 Å². The third-order valence-electron chi connectivity index (χ3n) is 2.83. The Bertz CT molecular complexity index is 400. The summed E-state index contributed by atoms with van der Waals surface area (Å²) in [5.41, 5.74) is 2.07.